The smallest absolute Gasteiger partial charge is 0.297 e. The Morgan fingerprint density at radius 3 is 2.46 bits per heavy atom. The van der Waals surface area contributed by atoms with E-state index in [0.717, 1.165) is 29.7 Å². The molecule has 0 aliphatic rings. The Hall–Kier alpha value is -3.48. The minimum Gasteiger partial charge on any atom is -0.325 e. The maximum Gasteiger partial charge on any atom is 0.297 e. The van der Waals surface area contributed by atoms with E-state index in [2.05, 4.69) is 22.4 Å². The Bertz CT molecular complexity index is 1220. The van der Waals surface area contributed by atoms with Crippen molar-refractivity contribution in [3.05, 3.63) is 70.3 Å². The largest absolute Gasteiger partial charge is 0.325 e. The van der Waals surface area contributed by atoms with Gasteiger partial charge >= 0.3 is 0 Å². The standard InChI is InChI=1S/C21H21N5O2/c1-3-6-18-23-24-20-21(28)25(16-7-4-5-8-17(16)26(18)20)13-19(27)22-15-11-9-14(2)10-12-15/h4-5,7-12H,3,6,13H2,1-2H3,(H,22,27). The molecule has 2 aromatic carbocycles. The van der Waals surface area contributed by atoms with Crippen LogP contribution in [0.2, 0.25) is 0 Å². The van der Waals surface area contributed by atoms with Gasteiger partial charge in [0, 0.05) is 12.1 Å². The van der Waals surface area contributed by atoms with Gasteiger partial charge < -0.3 is 5.32 Å². The third-order valence-electron chi connectivity index (χ3n) is 4.69. The minimum atomic E-state index is -0.326. The highest BCUT2D eigenvalue weighted by molar-refractivity contribution is 5.91. The van der Waals surface area contributed by atoms with Crippen LogP contribution in [0.3, 0.4) is 0 Å². The van der Waals surface area contributed by atoms with Gasteiger partial charge in [-0.2, -0.15) is 0 Å². The predicted molar refractivity (Wildman–Crippen MR) is 109 cm³/mol. The van der Waals surface area contributed by atoms with Crippen molar-refractivity contribution in [3.8, 4) is 0 Å². The number of hydrogen-bond donors (Lipinski definition) is 1. The molecule has 4 rings (SSSR count). The zero-order valence-electron chi connectivity index (χ0n) is 15.8. The van der Waals surface area contributed by atoms with E-state index < -0.39 is 0 Å². The van der Waals surface area contributed by atoms with Crippen LogP contribution in [0.5, 0.6) is 0 Å². The molecule has 0 atom stereocenters. The molecule has 7 nitrogen and oxygen atoms in total. The number of anilines is 1. The van der Waals surface area contributed by atoms with E-state index in [1.807, 2.05) is 55.5 Å². The van der Waals surface area contributed by atoms with E-state index in [4.69, 9.17) is 0 Å². The zero-order valence-corrected chi connectivity index (χ0v) is 15.8. The molecule has 142 valence electrons. The maximum atomic E-state index is 13.1. The van der Waals surface area contributed by atoms with Gasteiger partial charge in [0.05, 0.1) is 11.0 Å². The molecule has 7 heteroatoms. The van der Waals surface area contributed by atoms with Gasteiger partial charge in [-0.05, 0) is 37.6 Å². The van der Waals surface area contributed by atoms with E-state index in [1.165, 1.54) is 4.57 Å². The van der Waals surface area contributed by atoms with E-state index in [1.54, 1.807) is 4.40 Å². The lowest BCUT2D eigenvalue weighted by Gasteiger charge is -2.13. The lowest BCUT2D eigenvalue weighted by atomic mass is 10.2. The Balaban J connectivity index is 1.78. The van der Waals surface area contributed by atoms with Gasteiger partial charge in [-0.3, -0.25) is 18.6 Å². The van der Waals surface area contributed by atoms with Crippen LogP contribution < -0.4 is 10.9 Å². The number of amides is 1. The van der Waals surface area contributed by atoms with E-state index in [9.17, 15) is 9.59 Å². The number of rotatable bonds is 5. The molecule has 0 fully saturated rings. The molecule has 1 N–H and O–H groups in total. The zero-order chi connectivity index (χ0) is 19.7. The van der Waals surface area contributed by atoms with E-state index >= 15 is 0 Å². The van der Waals surface area contributed by atoms with Crippen molar-refractivity contribution >= 4 is 28.3 Å². The third kappa shape index (κ3) is 3.15. The van der Waals surface area contributed by atoms with Gasteiger partial charge in [0.15, 0.2) is 0 Å². The number of hydrogen-bond acceptors (Lipinski definition) is 4. The second kappa shape index (κ2) is 7.26. The summed E-state index contributed by atoms with van der Waals surface area (Å²) < 4.78 is 3.26. The molecule has 1 amide bonds. The summed E-state index contributed by atoms with van der Waals surface area (Å²) >= 11 is 0. The number of fused-ring (bicyclic) bond motifs is 3. The first kappa shape index (κ1) is 17.9. The fraction of sp³-hybridized carbons (Fsp3) is 0.238. The highest BCUT2D eigenvalue weighted by atomic mass is 16.2. The van der Waals surface area contributed by atoms with Gasteiger partial charge in [-0.1, -0.05) is 36.8 Å². The van der Waals surface area contributed by atoms with Crippen LogP contribution in [-0.4, -0.2) is 25.1 Å². The van der Waals surface area contributed by atoms with Crippen LogP contribution in [0, 0.1) is 6.92 Å². The molecule has 0 spiro atoms. The third-order valence-corrected chi connectivity index (χ3v) is 4.69. The van der Waals surface area contributed by atoms with Crippen LogP contribution in [0.25, 0.3) is 16.7 Å². The minimum absolute atomic E-state index is 0.0975. The maximum absolute atomic E-state index is 13.1. The summed E-state index contributed by atoms with van der Waals surface area (Å²) in [5.74, 6) is 0.482. The van der Waals surface area contributed by atoms with Crippen molar-refractivity contribution in [3.63, 3.8) is 0 Å². The van der Waals surface area contributed by atoms with Crippen molar-refractivity contribution in [1.82, 2.24) is 19.2 Å². The first-order chi connectivity index (χ1) is 13.6. The fourth-order valence-electron chi connectivity index (χ4n) is 3.34. The van der Waals surface area contributed by atoms with Crippen molar-refractivity contribution in [2.24, 2.45) is 0 Å². The molecular formula is C21H21N5O2. The van der Waals surface area contributed by atoms with Crippen LogP contribution >= 0.6 is 0 Å². The predicted octanol–water partition coefficient (Wildman–Crippen LogP) is 2.94. The summed E-state index contributed by atoms with van der Waals surface area (Å²) in [6.07, 6.45) is 1.62. The van der Waals surface area contributed by atoms with Crippen molar-refractivity contribution in [2.45, 2.75) is 33.2 Å². The first-order valence-corrected chi connectivity index (χ1v) is 9.30. The molecule has 0 bridgehead atoms. The van der Waals surface area contributed by atoms with Crippen molar-refractivity contribution in [2.75, 3.05) is 5.32 Å². The summed E-state index contributed by atoms with van der Waals surface area (Å²) in [5, 5.41) is 11.1. The molecule has 0 unspecified atom stereocenters. The SMILES string of the molecule is CCCc1nnc2c(=O)n(CC(=O)Nc3ccc(C)cc3)c3ccccc3n12. The number of carbonyl (C=O) groups excluding carboxylic acids is 1. The van der Waals surface area contributed by atoms with Gasteiger partial charge in [-0.25, -0.2) is 0 Å². The van der Waals surface area contributed by atoms with Gasteiger partial charge in [-0.15, -0.1) is 10.2 Å². The molecule has 0 radical (unpaired) electrons. The Labute approximate surface area is 161 Å². The van der Waals surface area contributed by atoms with Crippen LogP contribution in [-0.2, 0) is 17.8 Å². The normalized spacial score (nSPS) is 11.2. The first-order valence-electron chi connectivity index (χ1n) is 9.30. The number of para-hydroxylation sites is 2. The quantitative estimate of drug-likeness (QED) is 0.581. The Morgan fingerprint density at radius 1 is 1.04 bits per heavy atom. The van der Waals surface area contributed by atoms with Crippen molar-refractivity contribution in [1.29, 1.82) is 0 Å². The Morgan fingerprint density at radius 2 is 1.75 bits per heavy atom. The average Bonchev–Trinajstić information content (AvgIpc) is 3.11. The Kier molecular flexibility index (Phi) is 4.65. The molecule has 0 aliphatic carbocycles. The summed E-state index contributed by atoms with van der Waals surface area (Å²) in [5.41, 5.74) is 3.21. The molecule has 0 saturated heterocycles. The monoisotopic (exact) mass is 375 g/mol. The van der Waals surface area contributed by atoms with E-state index in [0.29, 0.717) is 11.2 Å². The number of benzene rings is 2. The summed E-state index contributed by atoms with van der Waals surface area (Å²) in [4.78, 5) is 25.6. The fourth-order valence-corrected chi connectivity index (χ4v) is 3.34. The van der Waals surface area contributed by atoms with Crippen LogP contribution in [0.4, 0.5) is 5.69 Å². The average molecular weight is 375 g/mol. The van der Waals surface area contributed by atoms with Crippen molar-refractivity contribution < 1.29 is 4.79 Å². The molecule has 0 aliphatic heterocycles. The molecule has 0 saturated carbocycles. The highest BCUT2D eigenvalue weighted by Gasteiger charge is 2.17. The molecule has 2 aromatic heterocycles. The summed E-state index contributed by atoms with van der Waals surface area (Å²) in [7, 11) is 0. The van der Waals surface area contributed by atoms with E-state index in [-0.39, 0.29) is 23.7 Å². The van der Waals surface area contributed by atoms with Gasteiger partial charge in [0.25, 0.3) is 5.56 Å². The van der Waals surface area contributed by atoms with Gasteiger partial charge in [0.2, 0.25) is 11.6 Å². The van der Waals surface area contributed by atoms with Crippen LogP contribution in [0.1, 0.15) is 24.7 Å². The van der Waals surface area contributed by atoms with Gasteiger partial charge in [0.1, 0.15) is 12.4 Å². The molecule has 28 heavy (non-hydrogen) atoms. The number of aryl methyl sites for hydroxylation is 2. The second-order valence-electron chi connectivity index (χ2n) is 6.82. The summed E-state index contributed by atoms with van der Waals surface area (Å²) in [6, 6.07) is 15.0. The lowest BCUT2D eigenvalue weighted by molar-refractivity contribution is -0.116. The second-order valence-corrected chi connectivity index (χ2v) is 6.82. The molecule has 2 heterocycles. The number of carbonyl (C=O) groups is 1. The topological polar surface area (TPSA) is 81.3 Å². The van der Waals surface area contributed by atoms with Crippen LogP contribution in [0.15, 0.2) is 53.3 Å². The number of nitrogens with one attached hydrogen (secondary N) is 1. The number of aromatic nitrogens is 4. The molecule has 4 aromatic rings. The highest BCUT2D eigenvalue weighted by Crippen LogP contribution is 2.16. The molecular weight excluding hydrogens is 354 g/mol. The lowest BCUT2D eigenvalue weighted by Crippen LogP contribution is -2.29. The number of nitrogens with zero attached hydrogens (tertiary/aromatic N) is 4. The summed E-state index contributed by atoms with van der Waals surface area (Å²) in [6.45, 7) is 3.94.